The minimum atomic E-state index is -0.621. The molecule has 0 fully saturated rings. The average molecular weight is 175 g/mol. The third-order valence-corrected chi connectivity index (χ3v) is 2.20. The lowest BCUT2D eigenvalue weighted by molar-refractivity contribution is 0.0932. The Hall–Kier alpha value is -0.120. The summed E-state index contributed by atoms with van der Waals surface area (Å²) >= 11 is 0. The predicted molar refractivity (Wildman–Crippen MR) is 50.0 cm³/mol. The number of rotatable bonds is 6. The zero-order valence-electron chi connectivity index (χ0n) is 8.25. The maximum absolute atomic E-state index is 9.00. The van der Waals surface area contributed by atoms with Crippen LogP contribution in [0.25, 0.3) is 0 Å². The van der Waals surface area contributed by atoms with Gasteiger partial charge in [0.05, 0.1) is 12.7 Å². The number of aliphatic hydroxyl groups is 2. The minimum Gasteiger partial charge on any atom is -0.394 e. The van der Waals surface area contributed by atoms with Crippen LogP contribution in [0.2, 0.25) is 0 Å². The molecule has 0 aliphatic rings. The van der Waals surface area contributed by atoms with Gasteiger partial charge < -0.3 is 15.5 Å². The van der Waals surface area contributed by atoms with Crippen molar-refractivity contribution < 1.29 is 10.2 Å². The van der Waals surface area contributed by atoms with Gasteiger partial charge in [0.25, 0.3) is 0 Å². The van der Waals surface area contributed by atoms with Crippen LogP contribution in [0.5, 0.6) is 0 Å². The van der Waals surface area contributed by atoms with Gasteiger partial charge in [0.15, 0.2) is 0 Å². The fourth-order valence-corrected chi connectivity index (χ4v) is 0.778. The highest BCUT2D eigenvalue weighted by Crippen LogP contribution is 2.07. The Bertz CT molecular complexity index is 107. The van der Waals surface area contributed by atoms with Crippen molar-refractivity contribution in [2.45, 2.75) is 26.9 Å². The third-order valence-electron chi connectivity index (χ3n) is 2.20. The van der Waals surface area contributed by atoms with Crippen LogP contribution < -0.4 is 5.32 Å². The molecule has 0 aliphatic heterocycles. The van der Waals surface area contributed by atoms with Crippen molar-refractivity contribution in [3.05, 3.63) is 0 Å². The molecule has 0 spiro atoms. The average Bonchev–Trinajstić information content (AvgIpc) is 2.03. The maximum Gasteiger partial charge on any atom is 0.0894 e. The van der Waals surface area contributed by atoms with Crippen molar-refractivity contribution in [1.29, 1.82) is 0 Å². The van der Waals surface area contributed by atoms with Crippen molar-refractivity contribution in [1.82, 2.24) is 5.32 Å². The van der Waals surface area contributed by atoms with Gasteiger partial charge in [-0.25, -0.2) is 0 Å². The summed E-state index contributed by atoms with van der Waals surface area (Å²) in [5.41, 5.74) is 0. The summed E-state index contributed by atoms with van der Waals surface area (Å²) in [6.45, 7) is 7.73. The Morgan fingerprint density at radius 3 is 2.17 bits per heavy atom. The molecule has 0 saturated carbocycles. The lowest BCUT2D eigenvalue weighted by Gasteiger charge is -2.17. The summed E-state index contributed by atoms with van der Waals surface area (Å²) < 4.78 is 0. The summed E-state index contributed by atoms with van der Waals surface area (Å²) in [6.07, 6.45) is -0.621. The van der Waals surface area contributed by atoms with Crippen LogP contribution in [0.3, 0.4) is 0 Å². The van der Waals surface area contributed by atoms with Crippen LogP contribution in [0.4, 0.5) is 0 Å². The molecule has 0 bridgehead atoms. The summed E-state index contributed by atoms with van der Waals surface area (Å²) in [6, 6.07) is 0. The summed E-state index contributed by atoms with van der Waals surface area (Å²) in [5.74, 6) is 1.26. The molecular formula is C9H21NO2. The smallest absolute Gasteiger partial charge is 0.0894 e. The summed E-state index contributed by atoms with van der Waals surface area (Å²) in [5, 5.41) is 20.6. The standard InChI is InChI=1S/C9H21NO2/c1-7(2)8(3)4-10-5-9(12)6-11/h7-12H,4-6H2,1-3H3. The van der Waals surface area contributed by atoms with Crippen LogP contribution in [0, 0.1) is 11.8 Å². The van der Waals surface area contributed by atoms with Gasteiger partial charge >= 0.3 is 0 Å². The molecule has 3 heteroatoms. The Morgan fingerprint density at radius 2 is 1.75 bits per heavy atom. The molecule has 0 saturated heterocycles. The summed E-state index contributed by atoms with van der Waals surface area (Å²) in [4.78, 5) is 0. The van der Waals surface area contributed by atoms with E-state index >= 15 is 0 Å². The Morgan fingerprint density at radius 1 is 1.17 bits per heavy atom. The lowest BCUT2D eigenvalue weighted by Crippen LogP contribution is -2.33. The molecule has 0 amide bonds. The van der Waals surface area contributed by atoms with E-state index in [4.69, 9.17) is 10.2 Å². The molecule has 2 unspecified atom stereocenters. The van der Waals surface area contributed by atoms with Crippen LogP contribution in [0.15, 0.2) is 0 Å². The van der Waals surface area contributed by atoms with Gasteiger partial charge in [-0.15, -0.1) is 0 Å². The Kier molecular flexibility index (Phi) is 6.34. The Balaban J connectivity index is 3.30. The molecule has 0 radical (unpaired) electrons. The zero-order chi connectivity index (χ0) is 9.56. The van der Waals surface area contributed by atoms with Crippen molar-refractivity contribution in [3.63, 3.8) is 0 Å². The highest BCUT2D eigenvalue weighted by Gasteiger charge is 2.07. The van der Waals surface area contributed by atoms with E-state index in [1.54, 1.807) is 0 Å². The highest BCUT2D eigenvalue weighted by atomic mass is 16.3. The first-order valence-corrected chi connectivity index (χ1v) is 4.57. The molecule has 0 rings (SSSR count). The van der Waals surface area contributed by atoms with Gasteiger partial charge in [0.1, 0.15) is 0 Å². The first-order valence-electron chi connectivity index (χ1n) is 4.57. The second kappa shape index (κ2) is 6.40. The van der Waals surface area contributed by atoms with E-state index in [0.29, 0.717) is 18.4 Å². The van der Waals surface area contributed by atoms with E-state index in [-0.39, 0.29) is 6.61 Å². The van der Waals surface area contributed by atoms with Crippen molar-refractivity contribution >= 4 is 0 Å². The maximum atomic E-state index is 9.00. The van der Waals surface area contributed by atoms with Gasteiger partial charge in [-0.2, -0.15) is 0 Å². The lowest BCUT2D eigenvalue weighted by atomic mass is 9.98. The fourth-order valence-electron chi connectivity index (χ4n) is 0.778. The number of hydrogen-bond donors (Lipinski definition) is 3. The number of hydrogen-bond acceptors (Lipinski definition) is 3. The first-order chi connectivity index (χ1) is 5.57. The van der Waals surface area contributed by atoms with Gasteiger partial charge in [-0.05, 0) is 18.4 Å². The largest absolute Gasteiger partial charge is 0.394 e. The zero-order valence-corrected chi connectivity index (χ0v) is 8.25. The quantitative estimate of drug-likeness (QED) is 0.541. The molecule has 0 aliphatic carbocycles. The van der Waals surface area contributed by atoms with Crippen LogP contribution in [0.1, 0.15) is 20.8 Å². The van der Waals surface area contributed by atoms with Crippen molar-refractivity contribution in [2.75, 3.05) is 19.7 Å². The molecular weight excluding hydrogens is 154 g/mol. The second-order valence-corrected chi connectivity index (χ2v) is 3.72. The molecule has 0 aromatic rings. The molecule has 12 heavy (non-hydrogen) atoms. The van der Waals surface area contributed by atoms with E-state index in [0.717, 1.165) is 6.54 Å². The van der Waals surface area contributed by atoms with Crippen LogP contribution >= 0.6 is 0 Å². The van der Waals surface area contributed by atoms with Gasteiger partial charge in [-0.1, -0.05) is 20.8 Å². The van der Waals surface area contributed by atoms with E-state index in [1.165, 1.54) is 0 Å². The number of nitrogens with one attached hydrogen (secondary N) is 1. The SMILES string of the molecule is CC(C)C(C)CNCC(O)CO. The van der Waals surface area contributed by atoms with Gasteiger partial charge in [-0.3, -0.25) is 0 Å². The molecule has 0 aromatic carbocycles. The van der Waals surface area contributed by atoms with Crippen LogP contribution in [-0.4, -0.2) is 36.0 Å². The fraction of sp³-hybridized carbons (Fsp3) is 1.00. The highest BCUT2D eigenvalue weighted by molar-refractivity contribution is 4.63. The monoisotopic (exact) mass is 175 g/mol. The molecule has 3 nitrogen and oxygen atoms in total. The Labute approximate surface area is 74.8 Å². The predicted octanol–water partition coefficient (Wildman–Crippen LogP) is 0.221. The first kappa shape index (κ1) is 11.9. The third kappa shape index (κ3) is 5.52. The van der Waals surface area contributed by atoms with E-state index in [1.807, 2.05) is 0 Å². The number of aliphatic hydroxyl groups excluding tert-OH is 2. The normalized spacial score (nSPS) is 16.5. The molecule has 2 atom stereocenters. The molecule has 3 N–H and O–H groups in total. The van der Waals surface area contributed by atoms with Crippen molar-refractivity contribution in [3.8, 4) is 0 Å². The van der Waals surface area contributed by atoms with E-state index < -0.39 is 6.10 Å². The van der Waals surface area contributed by atoms with Crippen molar-refractivity contribution in [2.24, 2.45) is 11.8 Å². The summed E-state index contributed by atoms with van der Waals surface area (Å²) in [7, 11) is 0. The molecule has 0 aromatic heterocycles. The second-order valence-electron chi connectivity index (χ2n) is 3.72. The van der Waals surface area contributed by atoms with E-state index in [9.17, 15) is 0 Å². The van der Waals surface area contributed by atoms with Gasteiger partial charge in [0.2, 0.25) is 0 Å². The van der Waals surface area contributed by atoms with Gasteiger partial charge in [0, 0.05) is 6.54 Å². The topological polar surface area (TPSA) is 52.5 Å². The molecule has 0 heterocycles. The van der Waals surface area contributed by atoms with E-state index in [2.05, 4.69) is 26.1 Å². The minimum absolute atomic E-state index is 0.164. The van der Waals surface area contributed by atoms with Crippen LogP contribution in [-0.2, 0) is 0 Å². The molecule has 74 valence electrons.